The first kappa shape index (κ1) is 27.3. The molecule has 0 saturated heterocycles. The zero-order chi connectivity index (χ0) is 28.6. The van der Waals surface area contributed by atoms with Crippen LogP contribution in [-0.2, 0) is 19.3 Å². The van der Waals surface area contributed by atoms with E-state index in [4.69, 9.17) is 0 Å². The average molecular weight is 559 g/mol. The number of aromatic nitrogens is 4. The number of hydrogen-bond acceptors (Lipinski definition) is 6. The third-order valence-electron chi connectivity index (χ3n) is 7.04. The van der Waals surface area contributed by atoms with E-state index >= 15 is 4.39 Å². The van der Waals surface area contributed by atoms with Crippen LogP contribution in [0.5, 0.6) is 5.88 Å². The quantitative estimate of drug-likeness (QED) is 0.224. The van der Waals surface area contributed by atoms with Crippen molar-refractivity contribution in [1.29, 1.82) is 0 Å². The highest BCUT2D eigenvalue weighted by Crippen LogP contribution is 2.31. The Morgan fingerprint density at radius 3 is 2.33 bits per heavy atom. The number of hydrogen-bond donors (Lipinski definition) is 1. The topological polar surface area (TPSA) is 80.9 Å². The van der Waals surface area contributed by atoms with Crippen LogP contribution in [0.1, 0.15) is 46.7 Å². The van der Waals surface area contributed by atoms with Crippen molar-refractivity contribution in [3.8, 4) is 34.2 Å². The van der Waals surface area contributed by atoms with Gasteiger partial charge in [0.05, 0.1) is 16.3 Å². The summed E-state index contributed by atoms with van der Waals surface area (Å²) in [6.45, 7) is 7.44. The van der Waals surface area contributed by atoms with E-state index in [1.807, 2.05) is 44.4 Å². The van der Waals surface area contributed by atoms with Crippen LogP contribution in [0.3, 0.4) is 0 Å². The monoisotopic (exact) mass is 558 g/mol. The van der Waals surface area contributed by atoms with Crippen LogP contribution < -0.4 is 5.56 Å². The van der Waals surface area contributed by atoms with Gasteiger partial charge in [0.2, 0.25) is 11.8 Å². The largest absolute Gasteiger partial charge is 0.493 e. The van der Waals surface area contributed by atoms with Crippen LogP contribution in [0.2, 0.25) is 0 Å². The summed E-state index contributed by atoms with van der Waals surface area (Å²) in [4.78, 5) is 26.8. The molecule has 2 aromatic carbocycles. The lowest BCUT2D eigenvalue weighted by molar-refractivity contribution is 0.443. The van der Waals surface area contributed by atoms with Crippen LogP contribution in [0, 0.1) is 25.6 Å². The molecule has 0 amide bonds. The minimum Gasteiger partial charge on any atom is -0.493 e. The van der Waals surface area contributed by atoms with Gasteiger partial charge in [-0.05, 0) is 61.1 Å². The third kappa shape index (κ3) is 4.93. The zero-order valence-electron chi connectivity index (χ0n) is 22.6. The number of aromatic hydroxyl groups is 1. The van der Waals surface area contributed by atoms with Gasteiger partial charge in [0.1, 0.15) is 11.5 Å². The molecule has 5 rings (SSSR count). The average Bonchev–Trinajstić information content (AvgIpc) is 3.38. The van der Waals surface area contributed by atoms with Gasteiger partial charge >= 0.3 is 0 Å². The lowest BCUT2D eigenvalue weighted by atomic mass is 9.98. The van der Waals surface area contributed by atoms with Gasteiger partial charge in [-0.15, -0.1) is 11.3 Å². The Kier molecular flexibility index (Phi) is 7.58. The van der Waals surface area contributed by atoms with Gasteiger partial charge in [-0.1, -0.05) is 44.2 Å². The van der Waals surface area contributed by atoms with Crippen LogP contribution in [0.4, 0.5) is 8.78 Å². The predicted octanol–water partition coefficient (Wildman–Crippen LogP) is 6.73. The molecule has 0 aliphatic heterocycles. The molecule has 0 bridgehead atoms. The highest BCUT2D eigenvalue weighted by molar-refractivity contribution is 7.09. The van der Waals surface area contributed by atoms with E-state index in [1.54, 1.807) is 25.1 Å². The number of halogens is 2. The van der Waals surface area contributed by atoms with Crippen molar-refractivity contribution in [3.63, 3.8) is 0 Å². The van der Waals surface area contributed by atoms with Gasteiger partial charge in [0, 0.05) is 29.1 Å². The maximum atomic E-state index is 15.3. The summed E-state index contributed by atoms with van der Waals surface area (Å²) in [6.07, 6.45) is 2.61. The number of para-hydroxylation sites is 1. The molecule has 9 heteroatoms. The normalized spacial score (nSPS) is 11.2. The lowest BCUT2D eigenvalue weighted by Gasteiger charge is -2.19. The fourth-order valence-corrected chi connectivity index (χ4v) is 5.53. The summed E-state index contributed by atoms with van der Waals surface area (Å²) in [7, 11) is 0. The van der Waals surface area contributed by atoms with Crippen molar-refractivity contribution in [2.24, 2.45) is 0 Å². The SMILES string of the molecule is CCc1cccc(CC)c1-n1c(-c2csc(C)n2)nc(O)c(Cc2ccc(-c3ccnc(F)c3C)c(F)c2)c1=O. The minimum absolute atomic E-state index is 0.0435. The third-order valence-corrected chi connectivity index (χ3v) is 7.81. The highest BCUT2D eigenvalue weighted by Gasteiger charge is 2.24. The van der Waals surface area contributed by atoms with Crippen molar-refractivity contribution in [1.82, 2.24) is 19.5 Å². The summed E-state index contributed by atoms with van der Waals surface area (Å²) in [6, 6.07) is 12.0. The number of thiazole rings is 1. The summed E-state index contributed by atoms with van der Waals surface area (Å²) in [5, 5.41) is 13.6. The molecule has 204 valence electrons. The van der Waals surface area contributed by atoms with Gasteiger partial charge in [0.25, 0.3) is 5.56 Å². The summed E-state index contributed by atoms with van der Waals surface area (Å²) in [5.74, 6) is -1.40. The van der Waals surface area contributed by atoms with Gasteiger partial charge in [-0.2, -0.15) is 9.37 Å². The van der Waals surface area contributed by atoms with Crippen LogP contribution in [0.15, 0.2) is 58.8 Å². The summed E-state index contributed by atoms with van der Waals surface area (Å²) >= 11 is 1.43. The van der Waals surface area contributed by atoms with Crippen molar-refractivity contribution in [2.45, 2.75) is 47.0 Å². The fourth-order valence-electron chi connectivity index (χ4n) is 4.94. The highest BCUT2D eigenvalue weighted by atomic mass is 32.1. The van der Waals surface area contributed by atoms with Gasteiger partial charge in [0.15, 0.2) is 5.82 Å². The second kappa shape index (κ2) is 11.1. The number of rotatable bonds is 7. The number of pyridine rings is 1. The molecule has 3 heterocycles. The van der Waals surface area contributed by atoms with Gasteiger partial charge < -0.3 is 5.11 Å². The Labute approximate surface area is 234 Å². The summed E-state index contributed by atoms with van der Waals surface area (Å²) < 4.78 is 30.8. The van der Waals surface area contributed by atoms with Crippen LogP contribution in [-0.4, -0.2) is 24.6 Å². The molecular weight excluding hydrogens is 530 g/mol. The fraction of sp³-hybridized carbons (Fsp3) is 0.226. The van der Waals surface area contributed by atoms with Gasteiger partial charge in [-0.3, -0.25) is 9.36 Å². The van der Waals surface area contributed by atoms with E-state index < -0.39 is 23.2 Å². The van der Waals surface area contributed by atoms with Crippen LogP contribution >= 0.6 is 11.3 Å². The number of aryl methyl sites for hydroxylation is 3. The molecule has 0 aliphatic rings. The first-order chi connectivity index (χ1) is 19.2. The molecule has 3 aromatic heterocycles. The number of nitrogens with zero attached hydrogens (tertiary/aromatic N) is 4. The molecule has 0 radical (unpaired) electrons. The Morgan fingerprint density at radius 2 is 1.70 bits per heavy atom. The second-order valence-corrected chi connectivity index (χ2v) is 10.6. The molecule has 0 atom stereocenters. The first-order valence-corrected chi connectivity index (χ1v) is 13.9. The molecule has 0 aliphatic carbocycles. The maximum Gasteiger partial charge on any atom is 0.265 e. The van der Waals surface area contributed by atoms with Crippen molar-refractivity contribution < 1.29 is 13.9 Å². The molecule has 0 unspecified atom stereocenters. The molecule has 6 nitrogen and oxygen atoms in total. The first-order valence-electron chi connectivity index (χ1n) is 13.0. The maximum absolute atomic E-state index is 15.3. The van der Waals surface area contributed by atoms with Crippen LogP contribution in [0.25, 0.3) is 28.3 Å². The minimum atomic E-state index is -0.660. The van der Waals surface area contributed by atoms with Crippen molar-refractivity contribution in [2.75, 3.05) is 0 Å². The molecular formula is C31H28F2N4O2S. The zero-order valence-corrected chi connectivity index (χ0v) is 23.4. The molecule has 1 N–H and O–H groups in total. The van der Waals surface area contributed by atoms with E-state index in [1.165, 1.54) is 28.2 Å². The van der Waals surface area contributed by atoms with Gasteiger partial charge in [-0.25, -0.2) is 14.4 Å². The molecule has 0 spiro atoms. The van der Waals surface area contributed by atoms with E-state index in [9.17, 15) is 14.3 Å². The van der Waals surface area contributed by atoms with E-state index in [-0.39, 0.29) is 28.9 Å². The standard InChI is InChI=1S/C31H28F2N4O2S/c1-5-20-8-7-9-21(6-2)27(20)37-29(26-16-40-18(4)35-26)36-30(38)24(31(37)39)14-19-10-11-23(25(32)15-19)22-12-13-34-28(33)17(22)3/h7-13,15-16,38H,5-6,14H2,1-4H3. The Hall–Kier alpha value is -4.24. The van der Waals surface area contributed by atoms with Crippen molar-refractivity contribution in [3.05, 3.63) is 109 Å². The van der Waals surface area contributed by atoms with E-state index in [0.717, 1.165) is 21.8 Å². The smallest absolute Gasteiger partial charge is 0.265 e. The molecule has 5 aromatic rings. The lowest BCUT2D eigenvalue weighted by Crippen LogP contribution is -2.27. The van der Waals surface area contributed by atoms with E-state index in [2.05, 4.69) is 15.0 Å². The molecule has 40 heavy (non-hydrogen) atoms. The molecule has 0 saturated carbocycles. The van der Waals surface area contributed by atoms with E-state index in [0.29, 0.717) is 29.7 Å². The second-order valence-electron chi connectivity index (χ2n) is 9.53. The Bertz CT molecular complexity index is 1770. The predicted molar refractivity (Wildman–Crippen MR) is 153 cm³/mol. The summed E-state index contributed by atoms with van der Waals surface area (Å²) in [5.41, 5.74) is 4.07. The Balaban J connectivity index is 1.67. The Morgan fingerprint density at radius 1 is 0.975 bits per heavy atom. The number of benzene rings is 2. The van der Waals surface area contributed by atoms with Crippen molar-refractivity contribution >= 4 is 11.3 Å². The molecule has 0 fully saturated rings.